The monoisotopic (exact) mass is 184 g/mol. The first-order valence-electron chi connectivity index (χ1n) is 4.14. The zero-order valence-electron chi connectivity index (χ0n) is 7.38. The first-order chi connectivity index (χ1) is 5.72. The second-order valence-electron chi connectivity index (χ2n) is 2.79. The molecule has 0 N–H and O–H groups in total. The average molecular weight is 185 g/mol. The molecule has 1 rings (SSSR count). The zero-order chi connectivity index (χ0) is 8.97. The Balaban J connectivity index is 2.58. The van der Waals surface area contributed by atoms with Gasteiger partial charge in [-0.3, -0.25) is 0 Å². The summed E-state index contributed by atoms with van der Waals surface area (Å²) >= 11 is 5.73. The summed E-state index contributed by atoms with van der Waals surface area (Å²) in [6, 6.07) is 7.43. The lowest BCUT2D eigenvalue weighted by atomic mass is 10.3. The lowest BCUT2D eigenvalue weighted by Crippen LogP contribution is -2.09. The van der Waals surface area contributed by atoms with Crippen molar-refractivity contribution in [2.75, 3.05) is 0 Å². The van der Waals surface area contributed by atoms with Crippen LogP contribution in [0.15, 0.2) is 24.3 Å². The molecule has 0 saturated carbocycles. The van der Waals surface area contributed by atoms with Gasteiger partial charge in [-0.1, -0.05) is 18.5 Å². The Morgan fingerprint density at radius 3 is 2.42 bits per heavy atom. The van der Waals surface area contributed by atoms with E-state index < -0.39 is 0 Å². The highest BCUT2D eigenvalue weighted by Gasteiger charge is 1.99. The Labute approximate surface area is 78.3 Å². The van der Waals surface area contributed by atoms with E-state index in [4.69, 9.17) is 16.3 Å². The summed E-state index contributed by atoms with van der Waals surface area (Å²) in [4.78, 5) is 0. The molecular formula is C10H13ClO. The fourth-order valence-electron chi connectivity index (χ4n) is 0.829. The van der Waals surface area contributed by atoms with Gasteiger partial charge in [0.1, 0.15) is 5.75 Å². The lowest BCUT2D eigenvalue weighted by molar-refractivity contribution is 0.217. The first kappa shape index (κ1) is 9.40. The number of ether oxygens (including phenoxy) is 1. The fraction of sp³-hybridized carbons (Fsp3) is 0.400. The molecule has 0 aliphatic carbocycles. The number of hydrogen-bond acceptors (Lipinski definition) is 1. The van der Waals surface area contributed by atoms with Crippen LogP contribution in [0.4, 0.5) is 0 Å². The van der Waals surface area contributed by atoms with E-state index in [0.717, 1.165) is 17.2 Å². The highest BCUT2D eigenvalue weighted by atomic mass is 35.5. The number of rotatable bonds is 3. The lowest BCUT2D eigenvalue weighted by Gasteiger charge is -2.11. The summed E-state index contributed by atoms with van der Waals surface area (Å²) in [6.45, 7) is 4.15. The molecule has 12 heavy (non-hydrogen) atoms. The Morgan fingerprint density at radius 1 is 1.33 bits per heavy atom. The average Bonchev–Trinajstić information content (AvgIpc) is 2.09. The van der Waals surface area contributed by atoms with Gasteiger partial charge in [0, 0.05) is 5.02 Å². The third-order valence-corrected chi connectivity index (χ3v) is 1.98. The molecule has 0 radical (unpaired) electrons. The van der Waals surface area contributed by atoms with Crippen LogP contribution in [0.5, 0.6) is 5.75 Å². The fourth-order valence-corrected chi connectivity index (χ4v) is 0.955. The molecule has 0 fully saturated rings. The van der Waals surface area contributed by atoms with Gasteiger partial charge in [0.05, 0.1) is 6.10 Å². The summed E-state index contributed by atoms with van der Waals surface area (Å²) in [7, 11) is 0. The molecule has 1 nitrogen and oxygen atoms in total. The minimum atomic E-state index is 0.270. The van der Waals surface area contributed by atoms with Crippen molar-refractivity contribution < 1.29 is 4.74 Å². The number of benzene rings is 1. The second-order valence-corrected chi connectivity index (χ2v) is 3.23. The standard InChI is InChI=1S/C10H13ClO/c1-3-8(2)12-10-6-4-9(11)5-7-10/h4-8H,3H2,1-2H3/t8-/m1/s1. The van der Waals surface area contributed by atoms with Crippen LogP contribution >= 0.6 is 11.6 Å². The molecule has 0 unspecified atom stereocenters. The third-order valence-electron chi connectivity index (χ3n) is 1.73. The number of hydrogen-bond donors (Lipinski definition) is 0. The van der Waals surface area contributed by atoms with Crippen LogP contribution < -0.4 is 4.74 Å². The van der Waals surface area contributed by atoms with Crippen molar-refractivity contribution in [3.8, 4) is 5.75 Å². The van der Waals surface area contributed by atoms with Gasteiger partial charge in [-0.2, -0.15) is 0 Å². The second kappa shape index (κ2) is 4.36. The molecule has 0 aromatic heterocycles. The van der Waals surface area contributed by atoms with Crippen LogP contribution in [0, 0.1) is 0 Å². The quantitative estimate of drug-likeness (QED) is 0.699. The maximum Gasteiger partial charge on any atom is 0.119 e. The Hall–Kier alpha value is -0.690. The topological polar surface area (TPSA) is 9.23 Å². The summed E-state index contributed by atoms with van der Waals surface area (Å²) in [5.74, 6) is 0.883. The van der Waals surface area contributed by atoms with Crippen LogP contribution in [-0.2, 0) is 0 Å². The van der Waals surface area contributed by atoms with Crippen LogP contribution in [0.2, 0.25) is 5.02 Å². The van der Waals surface area contributed by atoms with Gasteiger partial charge in [0.25, 0.3) is 0 Å². The van der Waals surface area contributed by atoms with E-state index in [0.29, 0.717) is 0 Å². The Kier molecular flexibility index (Phi) is 3.42. The van der Waals surface area contributed by atoms with E-state index >= 15 is 0 Å². The summed E-state index contributed by atoms with van der Waals surface area (Å²) in [5.41, 5.74) is 0. The molecule has 66 valence electrons. The molecule has 0 amide bonds. The maximum atomic E-state index is 5.73. The van der Waals surface area contributed by atoms with Crippen molar-refractivity contribution in [3.63, 3.8) is 0 Å². The molecule has 1 aromatic carbocycles. The van der Waals surface area contributed by atoms with Crippen LogP contribution in [0.3, 0.4) is 0 Å². The zero-order valence-corrected chi connectivity index (χ0v) is 8.14. The van der Waals surface area contributed by atoms with Crippen molar-refractivity contribution in [2.24, 2.45) is 0 Å². The van der Waals surface area contributed by atoms with E-state index in [2.05, 4.69) is 13.8 Å². The Morgan fingerprint density at radius 2 is 1.92 bits per heavy atom. The van der Waals surface area contributed by atoms with Crippen LogP contribution in [0.1, 0.15) is 20.3 Å². The van der Waals surface area contributed by atoms with Gasteiger partial charge in [0.15, 0.2) is 0 Å². The minimum Gasteiger partial charge on any atom is -0.491 e. The first-order valence-corrected chi connectivity index (χ1v) is 4.52. The summed E-state index contributed by atoms with van der Waals surface area (Å²) in [6.07, 6.45) is 1.29. The number of halogens is 1. The predicted octanol–water partition coefficient (Wildman–Crippen LogP) is 3.52. The largest absolute Gasteiger partial charge is 0.491 e. The van der Waals surface area contributed by atoms with Crippen molar-refractivity contribution in [1.29, 1.82) is 0 Å². The molecule has 0 aliphatic heterocycles. The summed E-state index contributed by atoms with van der Waals surface area (Å²) in [5, 5.41) is 0.742. The molecule has 2 heteroatoms. The molecule has 0 saturated heterocycles. The van der Waals surface area contributed by atoms with Gasteiger partial charge in [0.2, 0.25) is 0 Å². The van der Waals surface area contributed by atoms with Gasteiger partial charge in [-0.15, -0.1) is 0 Å². The van der Waals surface area contributed by atoms with E-state index in [1.165, 1.54) is 0 Å². The smallest absolute Gasteiger partial charge is 0.119 e. The molecule has 0 bridgehead atoms. The summed E-state index contributed by atoms with van der Waals surface area (Å²) < 4.78 is 5.56. The van der Waals surface area contributed by atoms with Crippen LogP contribution in [0.25, 0.3) is 0 Å². The molecule has 1 aromatic rings. The molecular weight excluding hydrogens is 172 g/mol. The van der Waals surface area contributed by atoms with Crippen molar-refractivity contribution >= 4 is 11.6 Å². The highest BCUT2D eigenvalue weighted by molar-refractivity contribution is 6.30. The molecule has 0 aliphatic rings. The van der Waals surface area contributed by atoms with E-state index in [9.17, 15) is 0 Å². The van der Waals surface area contributed by atoms with Crippen molar-refractivity contribution in [1.82, 2.24) is 0 Å². The van der Waals surface area contributed by atoms with Gasteiger partial charge < -0.3 is 4.74 Å². The van der Waals surface area contributed by atoms with E-state index in [1.807, 2.05) is 24.3 Å². The molecule has 0 heterocycles. The van der Waals surface area contributed by atoms with Gasteiger partial charge in [-0.05, 0) is 37.6 Å². The minimum absolute atomic E-state index is 0.270. The van der Waals surface area contributed by atoms with Crippen molar-refractivity contribution in [3.05, 3.63) is 29.3 Å². The van der Waals surface area contributed by atoms with Gasteiger partial charge >= 0.3 is 0 Å². The van der Waals surface area contributed by atoms with Gasteiger partial charge in [-0.25, -0.2) is 0 Å². The maximum absolute atomic E-state index is 5.73. The van der Waals surface area contributed by atoms with E-state index in [-0.39, 0.29) is 6.10 Å². The normalized spacial score (nSPS) is 12.6. The molecule has 1 atom stereocenters. The third kappa shape index (κ3) is 2.74. The van der Waals surface area contributed by atoms with Crippen LogP contribution in [-0.4, -0.2) is 6.10 Å². The highest BCUT2D eigenvalue weighted by Crippen LogP contribution is 2.17. The predicted molar refractivity (Wildman–Crippen MR) is 51.8 cm³/mol. The molecule has 0 spiro atoms. The Bertz CT molecular complexity index is 230. The van der Waals surface area contributed by atoms with E-state index in [1.54, 1.807) is 0 Å². The SMILES string of the molecule is CC[C@@H](C)Oc1ccc(Cl)cc1. The van der Waals surface area contributed by atoms with Crippen molar-refractivity contribution in [2.45, 2.75) is 26.4 Å².